The number of anilines is 1. The molecular formula is C23H29N5O. The molecular weight excluding hydrogens is 362 g/mol. The molecule has 5 rings (SSSR count). The largest absolute Gasteiger partial charge is 0.356 e. The van der Waals surface area contributed by atoms with Crippen LogP contribution in [0, 0.1) is 0 Å². The summed E-state index contributed by atoms with van der Waals surface area (Å²) in [5.74, 6) is 2.17. The first-order valence-electron chi connectivity index (χ1n) is 11.0. The van der Waals surface area contributed by atoms with Crippen LogP contribution in [0.25, 0.3) is 11.4 Å². The van der Waals surface area contributed by atoms with E-state index in [1.807, 2.05) is 25.3 Å². The molecule has 2 aromatic rings. The van der Waals surface area contributed by atoms with Crippen molar-refractivity contribution in [2.24, 2.45) is 0 Å². The van der Waals surface area contributed by atoms with Crippen molar-refractivity contribution in [2.45, 2.75) is 57.3 Å². The summed E-state index contributed by atoms with van der Waals surface area (Å²) in [6.45, 7) is 5.78. The van der Waals surface area contributed by atoms with E-state index in [0.717, 1.165) is 69.1 Å². The molecule has 1 spiro atoms. The molecule has 4 heterocycles. The van der Waals surface area contributed by atoms with Gasteiger partial charge in [0, 0.05) is 61.5 Å². The molecule has 0 radical (unpaired) electrons. The predicted molar refractivity (Wildman–Crippen MR) is 113 cm³/mol. The first kappa shape index (κ1) is 18.5. The van der Waals surface area contributed by atoms with Crippen molar-refractivity contribution in [1.82, 2.24) is 19.9 Å². The van der Waals surface area contributed by atoms with Gasteiger partial charge in [0.2, 0.25) is 5.91 Å². The Labute approximate surface area is 172 Å². The molecule has 6 heteroatoms. The number of hydrogen-bond donors (Lipinski definition) is 0. The molecule has 2 fully saturated rings. The first-order valence-corrected chi connectivity index (χ1v) is 11.0. The highest BCUT2D eigenvalue weighted by molar-refractivity contribution is 5.76. The second-order valence-electron chi connectivity index (χ2n) is 8.69. The van der Waals surface area contributed by atoms with Crippen LogP contribution in [0.4, 0.5) is 5.82 Å². The normalized spacial score (nSPS) is 23.6. The van der Waals surface area contributed by atoms with Gasteiger partial charge in [0.1, 0.15) is 5.82 Å². The van der Waals surface area contributed by atoms with Crippen LogP contribution in [0.3, 0.4) is 0 Å². The van der Waals surface area contributed by atoms with E-state index in [1.165, 1.54) is 24.1 Å². The summed E-state index contributed by atoms with van der Waals surface area (Å²) in [6.07, 6.45) is 10.9. The Morgan fingerprint density at radius 1 is 1.14 bits per heavy atom. The highest BCUT2D eigenvalue weighted by Crippen LogP contribution is 2.47. The SMILES string of the molecule is CCC(=O)N1CCCC2(CCc3c(N4CCCC4)nc(-c4cccnc4)nc32)C1. The number of aromatic nitrogens is 3. The molecule has 1 aliphatic carbocycles. The number of pyridine rings is 1. The van der Waals surface area contributed by atoms with Crippen LogP contribution in [0.2, 0.25) is 0 Å². The van der Waals surface area contributed by atoms with Crippen LogP contribution in [-0.2, 0) is 16.6 Å². The number of piperidine rings is 1. The van der Waals surface area contributed by atoms with Gasteiger partial charge in [0.15, 0.2) is 5.82 Å². The number of nitrogens with zero attached hydrogens (tertiary/aromatic N) is 5. The Bertz CT molecular complexity index is 909. The second kappa shape index (κ2) is 7.39. The minimum absolute atomic E-state index is 0.0210. The Kier molecular flexibility index (Phi) is 4.72. The fourth-order valence-electron chi connectivity index (χ4n) is 5.40. The van der Waals surface area contributed by atoms with Crippen LogP contribution >= 0.6 is 0 Å². The van der Waals surface area contributed by atoms with E-state index in [4.69, 9.17) is 9.97 Å². The van der Waals surface area contributed by atoms with Gasteiger partial charge in [0.05, 0.1) is 5.69 Å². The molecule has 29 heavy (non-hydrogen) atoms. The van der Waals surface area contributed by atoms with Crippen LogP contribution in [0.1, 0.15) is 56.7 Å². The van der Waals surface area contributed by atoms with Gasteiger partial charge < -0.3 is 9.80 Å². The third-order valence-corrected chi connectivity index (χ3v) is 6.90. The zero-order valence-electron chi connectivity index (χ0n) is 17.2. The summed E-state index contributed by atoms with van der Waals surface area (Å²) in [6, 6.07) is 3.98. The third-order valence-electron chi connectivity index (χ3n) is 6.90. The number of carbonyl (C=O) groups excluding carboxylic acids is 1. The molecule has 0 bridgehead atoms. The van der Waals surface area contributed by atoms with Crippen molar-refractivity contribution in [1.29, 1.82) is 0 Å². The van der Waals surface area contributed by atoms with Crippen molar-refractivity contribution in [3.8, 4) is 11.4 Å². The molecule has 2 aliphatic heterocycles. The molecule has 1 atom stereocenters. The molecule has 0 saturated carbocycles. The Morgan fingerprint density at radius 3 is 2.76 bits per heavy atom. The molecule has 0 N–H and O–H groups in total. The van der Waals surface area contributed by atoms with Crippen molar-refractivity contribution in [2.75, 3.05) is 31.1 Å². The minimum Gasteiger partial charge on any atom is -0.356 e. The number of rotatable bonds is 3. The lowest BCUT2D eigenvalue weighted by Gasteiger charge is -2.40. The van der Waals surface area contributed by atoms with E-state index in [-0.39, 0.29) is 11.3 Å². The van der Waals surface area contributed by atoms with Crippen molar-refractivity contribution in [3.05, 3.63) is 35.8 Å². The van der Waals surface area contributed by atoms with E-state index in [0.29, 0.717) is 6.42 Å². The molecule has 1 amide bonds. The first-order chi connectivity index (χ1) is 14.2. The van der Waals surface area contributed by atoms with E-state index in [1.54, 1.807) is 6.20 Å². The number of fused-ring (bicyclic) bond motifs is 2. The summed E-state index contributed by atoms with van der Waals surface area (Å²) in [5.41, 5.74) is 3.47. The van der Waals surface area contributed by atoms with Crippen LogP contribution < -0.4 is 4.90 Å². The summed E-state index contributed by atoms with van der Waals surface area (Å²) in [4.78, 5) is 31.4. The second-order valence-corrected chi connectivity index (χ2v) is 8.69. The van der Waals surface area contributed by atoms with Gasteiger partial charge in [-0.15, -0.1) is 0 Å². The summed E-state index contributed by atoms with van der Waals surface area (Å²) in [7, 11) is 0. The van der Waals surface area contributed by atoms with Gasteiger partial charge in [-0.05, 0) is 50.7 Å². The minimum atomic E-state index is -0.0210. The highest BCUT2D eigenvalue weighted by Gasteiger charge is 2.46. The van der Waals surface area contributed by atoms with Gasteiger partial charge in [-0.3, -0.25) is 9.78 Å². The quantitative estimate of drug-likeness (QED) is 0.803. The van der Waals surface area contributed by atoms with Crippen LogP contribution in [-0.4, -0.2) is 51.9 Å². The summed E-state index contributed by atoms with van der Waals surface area (Å²) >= 11 is 0. The van der Waals surface area contributed by atoms with Gasteiger partial charge in [-0.25, -0.2) is 9.97 Å². The summed E-state index contributed by atoms with van der Waals surface area (Å²) in [5, 5.41) is 0. The monoisotopic (exact) mass is 391 g/mol. The van der Waals surface area contributed by atoms with Gasteiger partial charge in [-0.2, -0.15) is 0 Å². The lowest BCUT2D eigenvalue weighted by Crippen LogP contribution is -2.47. The molecule has 152 valence electrons. The van der Waals surface area contributed by atoms with E-state index >= 15 is 0 Å². The van der Waals surface area contributed by atoms with Crippen LogP contribution in [0.5, 0.6) is 0 Å². The molecule has 6 nitrogen and oxygen atoms in total. The smallest absolute Gasteiger partial charge is 0.222 e. The van der Waals surface area contributed by atoms with Gasteiger partial charge >= 0.3 is 0 Å². The summed E-state index contributed by atoms with van der Waals surface area (Å²) < 4.78 is 0. The lowest BCUT2D eigenvalue weighted by molar-refractivity contribution is -0.133. The van der Waals surface area contributed by atoms with Crippen molar-refractivity contribution >= 4 is 11.7 Å². The van der Waals surface area contributed by atoms with E-state index in [2.05, 4.69) is 14.8 Å². The maximum Gasteiger partial charge on any atom is 0.222 e. The molecule has 0 aromatic carbocycles. The number of carbonyl (C=O) groups is 1. The molecule has 2 saturated heterocycles. The topological polar surface area (TPSA) is 62.2 Å². The highest BCUT2D eigenvalue weighted by atomic mass is 16.2. The van der Waals surface area contributed by atoms with Crippen molar-refractivity contribution in [3.63, 3.8) is 0 Å². The fourth-order valence-corrected chi connectivity index (χ4v) is 5.40. The van der Waals surface area contributed by atoms with Crippen molar-refractivity contribution < 1.29 is 4.79 Å². The Morgan fingerprint density at radius 2 is 2.00 bits per heavy atom. The average molecular weight is 392 g/mol. The third kappa shape index (κ3) is 3.18. The fraction of sp³-hybridized carbons (Fsp3) is 0.565. The maximum absolute atomic E-state index is 12.5. The standard InChI is InChI=1S/C23H29N5O/c1-2-19(29)28-14-6-9-23(16-28)10-8-18-20(23)25-21(17-7-5-11-24-15-17)26-22(18)27-12-3-4-13-27/h5,7,11,15H,2-4,6,8-10,12-14,16H2,1H3. The Balaban J connectivity index is 1.61. The average Bonchev–Trinajstić information content (AvgIpc) is 3.43. The zero-order chi connectivity index (χ0) is 19.8. The van der Waals surface area contributed by atoms with E-state index in [9.17, 15) is 4.79 Å². The number of likely N-dealkylation sites (tertiary alicyclic amines) is 1. The van der Waals surface area contributed by atoms with Crippen LogP contribution in [0.15, 0.2) is 24.5 Å². The molecule has 2 aromatic heterocycles. The van der Waals surface area contributed by atoms with Gasteiger partial charge in [0.25, 0.3) is 0 Å². The van der Waals surface area contributed by atoms with E-state index < -0.39 is 0 Å². The van der Waals surface area contributed by atoms with Gasteiger partial charge in [-0.1, -0.05) is 6.92 Å². The predicted octanol–water partition coefficient (Wildman–Crippen LogP) is 3.36. The Hall–Kier alpha value is -2.50. The zero-order valence-corrected chi connectivity index (χ0v) is 17.2. The molecule has 1 unspecified atom stereocenters. The lowest BCUT2D eigenvalue weighted by atomic mass is 9.77. The maximum atomic E-state index is 12.5. The molecule has 3 aliphatic rings. The number of hydrogen-bond acceptors (Lipinski definition) is 5. The number of amides is 1.